The molecule has 1 aliphatic heterocycles. The van der Waals surface area contributed by atoms with Gasteiger partial charge in [-0.2, -0.15) is 0 Å². The monoisotopic (exact) mass is 559 g/mol. The molecule has 1 saturated heterocycles. The van der Waals surface area contributed by atoms with Crippen molar-refractivity contribution in [3.8, 4) is 0 Å². The minimum atomic E-state index is 0. The third-order valence-electron chi connectivity index (χ3n) is 5.63. The molecule has 9 heteroatoms. The zero-order valence-electron chi connectivity index (χ0n) is 18.8. The van der Waals surface area contributed by atoms with Gasteiger partial charge in [0.25, 0.3) is 0 Å². The van der Waals surface area contributed by atoms with Crippen LogP contribution in [-0.4, -0.2) is 51.3 Å². The van der Waals surface area contributed by atoms with Crippen LogP contribution in [0.2, 0.25) is 5.02 Å². The summed E-state index contributed by atoms with van der Waals surface area (Å²) in [5.41, 5.74) is 1.31. The number of hydrogen-bond acceptors (Lipinski definition) is 4. The smallest absolute Gasteiger partial charge is 0.191 e. The quantitative estimate of drug-likeness (QED) is 0.222. The van der Waals surface area contributed by atoms with Crippen molar-refractivity contribution in [2.24, 2.45) is 12.0 Å². The lowest BCUT2D eigenvalue weighted by atomic mass is 10.0. The van der Waals surface area contributed by atoms with Gasteiger partial charge in [0.1, 0.15) is 12.4 Å². The molecule has 2 heterocycles. The zero-order chi connectivity index (χ0) is 21.3. The third-order valence-corrected chi connectivity index (χ3v) is 5.88. The number of piperidine rings is 1. The Morgan fingerprint density at radius 3 is 2.52 bits per heavy atom. The maximum atomic E-state index is 5.99. The molecule has 2 aromatic rings. The molecule has 0 spiro atoms. The van der Waals surface area contributed by atoms with Crippen molar-refractivity contribution in [2.45, 2.75) is 58.7 Å². The maximum absolute atomic E-state index is 5.99. The molecule has 3 rings (SSSR count). The molecule has 0 saturated carbocycles. The van der Waals surface area contributed by atoms with Crippen LogP contribution in [0.5, 0.6) is 0 Å². The van der Waals surface area contributed by atoms with E-state index in [0.29, 0.717) is 12.6 Å². The standard InChI is InChI=1S/C22H34ClN7.HI/c1-4-5-12-24-22(25-15-21-28-27-17(2)29(21)3)26-20-10-13-30(14-11-20)16-18-6-8-19(23)9-7-18;/h6-9,20H,4-5,10-16H2,1-3H3,(H2,24,25,26);1H. The van der Waals surface area contributed by atoms with E-state index in [2.05, 4.69) is 44.8 Å². The summed E-state index contributed by atoms with van der Waals surface area (Å²) in [4.78, 5) is 7.28. The number of guanidine groups is 1. The molecule has 1 aromatic carbocycles. The fourth-order valence-electron chi connectivity index (χ4n) is 3.55. The number of nitrogens with one attached hydrogen (secondary N) is 2. The molecule has 0 aliphatic carbocycles. The largest absolute Gasteiger partial charge is 0.356 e. The molecule has 0 amide bonds. The SMILES string of the molecule is CCCCNC(=NCc1nnc(C)n1C)NC1CCN(Cc2ccc(Cl)cc2)CC1.I. The van der Waals surface area contributed by atoms with Gasteiger partial charge in [-0.15, -0.1) is 34.2 Å². The Hall–Kier alpha value is -1.39. The number of aliphatic imine (C=N–C) groups is 1. The van der Waals surface area contributed by atoms with Crippen molar-refractivity contribution in [1.29, 1.82) is 0 Å². The second-order valence-electron chi connectivity index (χ2n) is 7.99. The summed E-state index contributed by atoms with van der Waals surface area (Å²) in [7, 11) is 1.98. The molecule has 0 radical (unpaired) electrons. The van der Waals surface area contributed by atoms with Gasteiger partial charge in [0, 0.05) is 44.3 Å². The lowest BCUT2D eigenvalue weighted by Gasteiger charge is -2.33. The molecular weight excluding hydrogens is 525 g/mol. The summed E-state index contributed by atoms with van der Waals surface area (Å²) in [5, 5.41) is 16.3. The van der Waals surface area contributed by atoms with Crippen LogP contribution >= 0.6 is 35.6 Å². The fourth-order valence-corrected chi connectivity index (χ4v) is 3.68. The highest BCUT2D eigenvalue weighted by atomic mass is 127. The molecule has 0 atom stereocenters. The first kappa shape index (κ1) is 25.9. The number of rotatable bonds is 8. The number of aryl methyl sites for hydroxylation is 1. The van der Waals surface area contributed by atoms with E-state index < -0.39 is 0 Å². The Kier molecular flexibility index (Phi) is 11.0. The summed E-state index contributed by atoms with van der Waals surface area (Å²) in [6.07, 6.45) is 4.49. The van der Waals surface area contributed by atoms with Crippen LogP contribution in [0.15, 0.2) is 29.3 Å². The number of hydrogen-bond donors (Lipinski definition) is 2. The Balaban J connectivity index is 0.00000341. The third kappa shape index (κ3) is 8.23. The molecule has 172 valence electrons. The molecule has 0 unspecified atom stereocenters. The first-order valence-electron chi connectivity index (χ1n) is 10.9. The summed E-state index contributed by atoms with van der Waals surface area (Å²) >= 11 is 5.99. The molecule has 7 nitrogen and oxygen atoms in total. The average Bonchev–Trinajstić information content (AvgIpc) is 3.07. The highest BCUT2D eigenvalue weighted by Gasteiger charge is 2.20. The van der Waals surface area contributed by atoms with Crippen LogP contribution < -0.4 is 10.6 Å². The average molecular weight is 560 g/mol. The minimum Gasteiger partial charge on any atom is -0.356 e. The van der Waals surface area contributed by atoms with Crippen LogP contribution in [0, 0.1) is 6.92 Å². The van der Waals surface area contributed by atoms with E-state index in [4.69, 9.17) is 16.6 Å². The molecule has 1 fully saturated rings. The van der Waals surface area contributed by atoms with Gasteiger partial charge in [0.2, 0.25) is 0 Å². The lowest BCUT2D eigenvalue weighted by Crippen LogP contribution is -2.48. The Labute approximate surface area is 208 Å². The van der Waals surface area contributed by atoms with E-state index in [1.54, 1.807) is 0 Å². The topological polar surface area (TPSA) is 70.4 Å². The van der Waals surface area contributed by atoms with E-state index in [1.165, 1.54) is 5.56 Å². The van der Waals surface area contributed by atoms with E-state index in [0.717, 1.165) is 74.5 Å². The predicted molar refractivity (Wildman–Crippen MR) is 138 cm³/mol. The van der Waals surface area contributed by atoms with E-state index >= 15 is 0 Å². The summed E-state index contributed by atoms with van der Waals surface area (Å²) in [6.45, 7) is 8.73. The van der Waals surface area contributed by atoms with E-state index in [-0.39, 0.29) is 24.0 Å². The Morgan fingerprint density at radius 2 is 1.90 bits per heavy atom. The summed E-state index contributed by atoms with van der Waals surface area (Å²) in [5.74, 6) is 2.66. The Bertz CT molecular complexity index is 814. The lowest BCUT2D eigenvalue weighted by molar-refractivity contribution is 0.198. The van der Waals surface area contributed by atoms with Crippen LogP contribution in [0.1, 0.15) is 49.8 Å². The molecule has 1 aromatic heterocycles. The number of nitrogens with zero attached hydrogens (tertiary/aromatic N) is 5. The summed E-state index contributed by atoms with van der Waals surface area (Å²) < 4.78 is 1.99. The highest BCUT2D eigenvalue weighted by Crippen LogP contribution is 2.16. The van der Waals surface area contributed by atoms with Gasteiger partial charge in [0.15, 0.2) is 11.8 Å². The zero-order valence-corrected chi connectivity index (χ0v) is 21.9. The van der Waals surface area contributed by atoms with Crippen LogP contribution in [-0.2, 0) is 20.1 Å². The first-order valence-corrected chi connectivity index (χ1v) is 11.3. The first-order chi connectivity index (χ1) is 14.5. The number of halogens is 2. The van der Waals surface area contributed by atoms with Gasteiger partial charge >= 0.3 is 0 Å². The van der Waals surface area contributed by atoms with E-state index in [1.807, 2.05) is 30.7 Å². The van der Waals surface area contributed by atoms with Crippen LogP contribution in [0.4, 0.5) is 0 Å². The van der Waals surface area contributed by atoms with Crippen molar-refractivity contribution >= 4 is 41.5 Å². The number of likely N-dealkylation sites (tertiary alicyclic amines) is 1. The molecule has 2 N–H and O–H groups in total. The predicted octanol–water partition coefficient (Wildman–Crippen LogP) is 3.89. The van der Waals surface area contributed by atoms with Gasteiger partial charge < -0.3 is 15.2 Å². The second kappa shape index (κ2) is 13.2. The van der Waals surface area contributed by atoms with Gasteiger partial charge in [-0.3, -0.25) is 4.90 Å². The fraction of sp³-hybridized carbons (Fsp3) is 0.591. The van der Waals surface area contributed by atoms with Crippen molar-refractivity contribution in [3.05, 3.63) is 46.5 Å². The molecule has 0 bridgehead atoms. The van der Waals surface area contributed by atoms with Gasteiger partial charge in [-0.1, -0.05) is 37.1 Å². The molecule has 31 heavy (non-hydrogen) atoms. The molecular formula is C22H35ClIN7. The second-order valence-corrected chi connectivity index (χ2v) is 8.43. The highest BCUT2D eigenvalue weighted by molar-refractivity contribution is 14.0. The van der Waals surface area contributed by atoms with Crippen molar-refractivity contribution < 1.29 is 0 Å². The molecule has 1 aliphatic rings. The van der Waals surface area contributed by atoms with Gasteiger partial charge in [0.05, 0.1) is 0 Å². The van der Waals surface area contributed by atoms with E-state index in [9.17, 15) is 0 Å². The van der Waals surface area contributed by atoms with Crippen molar-refractivity contribution in [1.82, 2.24) is 30.3 Å². The summed E-state index contributed by atoms with van der Waals surface area (Å²) in [6, 6.07) is 8.59. The van der Waals surface area contributed by atoms with Crippen LogP contribution in [0.3, 0.4) is 0 Å². The number of unbranched alkanes of at least 4 members (excludes halogenated alkanes) is 1. The van der Waals surface area contributed by atoms with Gasteiger partial charge in [-0.05, 0) is 43.9 Å². The normalized spacial score (nSPS) is 15.5. The van der Waals surface area contributed by atoms with Gasteiger partial charge in [-0.25, -0.2) is 4.99 Å². The maximum Gasteiger partial charge on any atom is 0.191 e. The number of benzene rings is 1. The van der Waals surface area contributed by atoms with Crippen molar-refractivity contribution in [2.75, 3.05) is 19.6 Å². The Morgan fingerprint density at radius 1 is 1.19 bits per heavy atom. The number of aromatic nitrogens is 3. The minimum absolute atomic E-state index is 0. The van der Waals surface area contributed by atoms with Crippen molar-refractivity contribution in [3.63, 3.8) is 0 Å². The van der Waals surface area contributed by atoms with Crippen LogP contribution in [0.25, 0.3) is 0 Å².